The Hall–Kier alpha value is -1.12. The minimum absolute atomic E-state index is 0.0930. The first-order valence-corrected chi connectivity index (χ1v) is 10.6. The van der Waals surface area contributed by atoms with Crippen LogP contribution in [0.3, 0.4) is 0 Å². The summed E-state index contributed by atoms with van der Waals surface area (Å²) < 4.78 is 54.0. The van der Waals surface area contributed by atoms with Gasteiger partial charge in [0, 0.05) is 16.7 Å². The Morgan fingerprint density at radius 2 is 1.12 bits per heavy atom. The molecule has 0 bridgehead atoms. The van der Waals surface area contributed by atoms with Crippen LogP contribution in [0.2, 0.25) is 10.0 Å². The van der Waals surface area contributed by atoms with Gasteiger partial charge in [-0.2, -0.15) is 0 Å². The van der Waals surface area contributed by atoms with Crippen molar-refractivity contribution in [1.29, 1.82) is 0 Å². The Morgan fingerprint density at radius 1 is 0.792 bits per heavy atom. The van der Waals surface area contributed by atoms with E-state index in [2.05, 4.69) is 0 Å². The van der Waals surface area contributed by atoms with Gasteiger partial charge in [-0.3, -0.25) is 0 Å². The first-order chi connectivity index (χ1) is 11.2. The fraction of sp³-hybridized carbons (Fsp3) is 0.200. The zero-order chi connectivity index (χ0) is 18.0. The first-order valence-electron chi connectivity index (χ1n) is 6.80. The normalized spacial score (nSPS) is 12.5. The molecule has 0 unspecified atom stereocenters. The summed E-state index contributed by atoms with van der Waals surface area (Å²) in [6.07, 6.45) is 0. The molecule has 24 heavy (non-hydrogen) atoms. The van der Waals surface area contributed by atoms with Crippen molar-refractivity contribution in [2.24, 2.45) is 0 Å². The van der Waals surface area contributed by atoms with E-state index in [9.17, 15) is 16.8 Å². The van der Waals surface area contributed by atoms with Gasteiger partial charge in [0.2, 0.25) is 19.7 Å². The monoisotopic (exact) mass is 408 g/mol. The maximum Gasteiger partial charge on any atom is 0.269 e. The van der Waals surface area contributed by atoms with Crippen LogP contribution in [0, 0.1) is 0 Å². The molecule has 0 fully saturated rings. The number of rotatable bonds is 6. The Kier molecular flexibility index (Phi) is 5.93. The SMILES string of the molecule is CCOC(S(=O)(=O)c1ccc(Cl)cc1)S(=O)(=O)c1ccc(Cl)cc1. The average molecular weight is 409 g/mol. The van der Waals surface area contributed by atoms with Crippen LogP contribution >= 0.6 is 23.2 Å². The van der Waals surface area contributed by atoms with E-state index in [0.29, 0.717) is 10.0 Å². The molecule has 0 spiro atoms. The summed E-state index contributed by atoms with van der Waals surface area (Å²) in [5.41, 5.74) is 0. The van der Waals surface area contributed by atoms with Crippen molar-refractivity contribution in [1.82, 2.24) is 0 Å². The van der Waals surface area contributed by atoms with Gasteiger partial charge in [0.05, 0.1) is 9.79 Å². The number of hydrogen-bond donors (Lipinski definition) is 0. The zero-order valence-corrected chi connectivity index (χ0v) is 15.7. The minimum Gasteiger partial charge on any atom is -0.349 e. The minimum atomic E-state index is -4.30. The number of ether oxygens (including phenoxy) is 1. The molecule has 0 aromatic heterocycles. The topological polar surface area (TPSA) is 77.5 Å². The fourth-order valence-corrected chi connectivity index (χ4v) is 6.31. The van der Waals surface area contributed by atoms with E-state index >= 15 is 0 Å². The standard InChI is InChI=1S/C15H14Cl2O5S2/c1-2-22-15(23(18,19)13-7-3-11(16)4-8-13)24(20,21)14-9-5-12(17)6-10-14/h3-10,15H,2H2,1H3. The van der Waals surface area contributed by atoms with E-state index < -0.39 is 24.4 Å². The van der Waals surface area contributed by atoms with Gasteiger partial charge in [0.1, 0.15) is 0 Å². The van der Waals surface area contributed by atoms with Crippen molar-refractivity contribution in [3.63, 3.8) is 0 Å². The first kappa shape index (κ1) is 19.2. The summed E-state index contributed by atoms with van der Waals surface area (Å²) >= 11 is 11.5. The van der Waals surface area contributed by atoms with Crippen molar-refractivity contribution >= 4 is 42.9 Å². The summed E-state index contributed by atoms with van der Waals surface area (Å²) in [6, 6.07) is 10.4. The molecule has 0 heterocycles. The highest BCUT2D eigenvalue weighted by Gasteiger charge is 2.40. The molecule has 5 nitrogen and oxygen atoms in total. The van der Waals surface area contributed by atoms with Crippen LogP contribution in [0.5, 0.6) is 0 Å². The number of halogens is 2. The van der Waals surface area contributed by atoms with Crippen molar-refractivity contribution in [3.8, 4) is 0 Å². The molecule has 2 rings (SSSR count). The van der Waals surface area contributed by atoms with Gasteiger partial charge < -0.3 is 4.74 Å². The third-order valence-electron chi connectivity index (χ3n) is 3.09. The second-order valence-corrected chi connectivity index (χ2v) is 9.89. The summed E-state index contributed by atoms with van der Waals surface area (Å²) in [6.45, 7) is 1.42. The van der Waals surface area contributed by atoms with Crippen molar-refractivity contribution in [2.45, 2.75) is 21.5 Å². The van der Waals surface area contributed by atoms with Crippen LogP contribution < -0.4 is 0 Å². The Labute approximate surface area is 151 Å². The third-order valence-corrected chi connectivity index (χ3v) is 8.26. The molecule has 0 aliphatic carbocycles. The molecule has 2 aromatic carbocycles. The van der Waals surface area contributed by atoms with Gasteiger partial charge in [-0.15, -0.1) is 0 Å². The molecular weight excluding hydrogens is 395 g/mol. The van der Waals surface area contributed by atoms with Gasteiger partial charge >= 0.3 is 0 Å². The lowest BCUT2D eigenvalue weighted by Gasteiger charge is -2.18. The maximum absolute atomic E-state index is 12.7. The van der Waals surface area contributed by atoms with Crippen molar-refractivity contribution in [3.05, 3.63) is 58.6 Å². The molecule has 130 valence electrons. The van der Waals surface area contributed by atoms with E-state index in [1.807, 2.05) is 0 Å². The molecule has 0 atom stereocenters. The summed E-state index contributed by atoms with van der Waals surface area (Å²) in [7, 11) is -8.60. The highest BCUT2D eigenvalue weighted by molar-refractivity contribution is 8.08. The Bertz CT molecular complexity index is 830. The molecule has 0 N–H and O–H groups in total. The Morgan fingerprint density at radius 3 is 1.42 bits per heavy atom. The number of benzene rings is 2. The molecule has 0 radical (unpaired) electrons. The lowest BCUT2D eigenvalue weighted by atomic mass is 10.4. The molecule has 0 amide bonds. The average Bonchev–Trinajstić information content (AvgIpc) is 2.53. The molecular formula is C15H14Cl2O5S2. The van der Waals surface area contributed by atoms with Crippen molar-refractivity contribution in [2.75, 3.05) is 6.61 Å². The van der Waals surface area contributed by atoms with Crippen molar-refractivity contribution < 1.29 is 21.6 Å². The van der Waals surface area contributed by atoms with Crippen LogP contribution in [0.1, 0.15) is 6.92 Å². The summed E-state index contributed by atoms with van der Waals surface area (Å²) in [4.78, 5) is -0.384. The lowest BCUT2D eigenvalue weighted by molar-refractivity contribution is 0.163. The smallest absolute Gasteiger partial charge is 0.269 e. The lowest BCUT2D eigenvalue weighted by Crippen LogP contribution is -2.33. The number of hydrogen-bond acceptors (Lipinski definition) is 5. The molecule has 0 aliphatic heterocycles. The Balaban J connectivity index is 2.55. The van der Waals surface area contributed by atoms with E-state index in [1.54, 1.807) is 0 Å². The van der Waals surface area contributed by atoms with E-state index in [0.717, 1.165) is 0 Å². The van der Waals surface area contributed by atoms with Crippen LogP contribution in [0.25, 0.3) is 0 Å². The summed E-state index contributed by atoms with van der Waals surface area (Å²) in [5.74, 6) is 0. The quantitative estimate of drug-likeness (QED) is 0.729. The van der Waals surface area contributed by atoms with Gasteiger partial charge in [-0.25, -0.2) is 16.8 Å². The highest BCUT2D eigenvalue weighted by atomic mass is 35.5. The van der Waals surface area contributed by atoms with Gasteiger partial charge in [-0.1, -0.05) is 23.2 Å². The third kappa shape index (κ3) is 3.92. The highest BCUT2D eigenvalue weighted by Crippen LogP contribution is 2.28. The van der Waals surface area contributed by atoms with Crippen LogP contribution in [0.4, 0.5) is 0 Å². The fourth-order valence-electron chi connectivity index (χ4n) is 1.95. The van der Waals surface area contributed by atoms with Gasteiger partial charge in [0.25, 0.3) is 4.77 Å². The molecule has 0 aliphatic rings. The molecule has 0 saturated heterocycles. The largest absolute Gasteiger partial charge is 0.349 e. The zero-order valence-electron chi connectivity index (χ0n) is 12.5. The van der Waals surface area contributed by atoms with Crippen LogP contribution in [-0.2, 0) is 24.4 Å². The van der Waals surface area contributed by atoms with Gasteiger partial charge in [0.15, 0.2) is 0 Å². The predicted octanol–water partition coefficient (Wildman–Crippen LogP) is 3.56. The van der Waals surface area contributed by atoms with E-state index in [4.69, 9.17) is 27.9 Å². The van der Waals surface area contributed by atoms with E-state index in [1.165, 1.54) is 55.5 Å². The molecule has 2 aromatic rings. The predicted molar refractivity (Wildman–Crippen MR) is 92.7 cm³/mol. The molecule has 9 heteroatoms. The maximum atomic E-state index is 12.7. The van der Waals surface area contributed by atoms with Crippen LogP contribution in [-0.4, -0.2) is 28.2 Å². The molecule has 0 saturated carbocycles. The van der Waals surface area contributed by atoms with E-state index in [-0.39, 0.29) is 16.4 Å². The summed E-state index contributed by atoms with van der Waals surface area (Å²) in [5, 5.41) is 0.671. The second-order valence-electron chi connectivity index (χ2n) is 4.74. The van der Waals surface area contributed by atoms with Gasteiger partial charge in [-0.05, 0) is 55.5 Å². The van der Waals surface area contributed by atoms with Crippen LogP contribution in [0.15, 0.2) is 58.3 Å². The number of sulfone groups is 2. The second kappa shape index (κ2) is 7.41.